The van der Waals surface area contributed by atoms with Gasteiger partial charge in [-0.05, 0) is 43.1 Å². The number of halogens is 2. The van der Waals surface area contributed by atoms with Crippen molar-refractivity contribution in [3.8, 4) is 0 Å². The number of rotatable bonds is 5. The van der Waals surface area contributed by atoms with Crippen molar-refractivity contribution in [3.63, 3.8) is 0 Å². The van der Waals surface area contributed by atoms with E-state index in [9.17, 15) is 4.39 Å². The summed E-state index contributed by atoms with van der Waals surface area (Å²) < 4.78 is 13.6. The normalized spacial score (nSPS) is 10.7. The van der Waals surface area contributed by atoms with Gasteiger partial charge in [0.25, 0.3) is 0 Å². The summed E-state index contributed by atoms with van der Waals surface area (Å²) in [5.41, 5.74) is 2.95. The first-order valence-corrected chi connectivity index (χ1v) is 6.45. The van der Waals surface area contributed by atoms with Gasteiger partial charge in [-0.25, -0.2) is 9.37 Å². The van der Waals surface area contributed by atoms with Crippen molar-refractivity contribution in [3.05, 3.63) is 58.4 Å². The summed E-state index contributed by atoms with van der Waals surface area (Å²) in [6.07, 6.45) is 6.02. The lowest BCUT2D eigenvalue weighted by Crippen LogP contribution is -2.18. The van der Waals surface area contributed by atoms with E-state index in [1.165, 1.54) is 17.3 Å². The summed E-state index contributed by atoms with van der Waals surface area (Å²) in [7, 11) is 0. The highest BCUT2D eigenvalue weighted by molar-refractivity contribution is 6.29. The molecule has 2 aromatic rings. The number of pyridine rings is 2. The maximum Gasteiger partial charge on any atom is 0.165 e. The van der Waals surface area contributed by atoms with E-state index in [2.05, 4.69) is 15.3 Å². The first kappa shape index (κ1) is 13.9. The summed E-state index contributed by atoms with van der Waals surface area (Å²) in [6, 6.07) is 3.63. The van der Waals surface area contributed by atoms with Crippen LogP contribution in [-0.4, -0.2) is 16.5 Å². The minimum atomic E-state index is -0.447. The molecule has 0 unspecified atom stereocenters. The zero-order chi connectivity index (χ0) is 13.7. The van der Waals surface area contributed by atoms with Gasteiger partial charge in [-0.3, -0.25) is 4.98 Å². The van der Waals surface area contributed by atoms with E-state index < -0.39 is 5.82 Å². The summed E-state index contributed by atoms with van der Waals surface area (Å²) in [5, 5.41) is 3.12. The molecule has 100 valence electrons. The molecular weight excluding hydrogens is 265 g/mol. The van der Waals surface area contributed by atoms with E-state index in [4.69, 9.17) is 11.6 Å². The molecule has 0 spiro atoms. The largest absolute Gasteiger partial charge is 0.312 e. The van der Waals surface area contributed by atoms with E-state index in [1.807, 2.05) is 19.2 Å². The van der Waals surface area contributed by atoms with Gasteiger partial charge in [0.1, 0.15) is 0 Å². The van der Waals surface area contributed by atoms with E-state index in [0.29, 0.717) is 12.1 Å². The van der Waals surface area contributed by atoms with Crippen LogP contribution in [0.4, 0.5) is 4.39 Å². The predicted octanol–water partition coefficient (Wildman–Crippen LogP) is 2.91. The zero-order valence-electron chi connectivity index (χ0n) is 10.7. The molecule has 2 aromatic heterocycles. The number of hydrogen-bond donors (Lipinski definition) is 1. The second kappa shape index (κ2) is 6.59. The summed E-state index contributed by atoms with van der Waals surface area (Å²) >= 11 is 5.62. The van der Waals surface area contributed by atoms with Crippen LogP contribution in [0.5, 0.6) is 0 Å². The summed E-state index contributed by atoms with van der Waals surface area (Å²) in [5.74, 6) is -0.447. The molecule has 0 radical (unpaired) electrons. The fourth-order valence-corrected chi connectivity index (χ4v) is 2.00. The van der Waals surface area contributed by atoms with Crippen LogP contribution in [0.1, 0.15) is 16.7 Å². The van der Waals surface area contributed by atoms with Crippen molar-refractivity contribution in [2.75, 3.05) is 6.54 Å². The number of aryl methyl sites for hydroxylation is 1. The quantitative estimate of drug-likeness (QED) is 0.675. The van der Waals surface area contributed by atoms with Crippen molar-refractivity contribution in [2.45, 2.75) is 19.9 Å². The van der Waals surface area contributed by atoms with Crippen LogP contribution >= 0.6 is 11.6 Å². The van der Waals surface area contributed by atoms with Gasteiger partial charge in [0.2, 0.25) is 0 Å². The SMILES string of the molecule is Cc1cnccc1CCNCc1ccnc(Cl)c1F. The Balaban J connectivity index is 1.84. The van der Waals surface area contributed by atoms with E-state index >= 15 is 0 Å². The molecule has 0 aliphatic heterocycles. The maximum atomic E-state index is 13.6. The third kappa shape index (κ3) is 3.72. The predicted molar refractivity (Wildman–Crippen MR) is 73.6 cm³/mol. The Morgan fingerprint density at radius 2 is 2.05 bits per heavy atom. The Labute approximate surface area is 116 Å². The van der Waals surface area contributed by atoms with Gasteiger partial charge in [-0.2, -0.15) is 0 Å². The first-order chi connectivity index (χ1) is 9.18. The molecule has 1 N–H and O–H groups in total. The lowest BCUT2D eigenvalue weighted by Gasteiger charge is -2.08. The Morgan fingerprint density at radius 1 is 1.26 bits per heavy atom. The van der Waals surface area contributed by atoms with Crippen LogP contribution in [-0.2, 0) is 13.0 Å². The van der Waals surface area contributed by atoms with Crippen molar-refractivity contribution in [2.24, 2.45) is 0 Å². The number of aromatic nitrogens is 2. The molecule has 0 aliphatic carbocycles. The number of nitrogens with one attached hydrogen (secondary N) is 1. The Morgan fingerprint density at radius 3 is 2.84 bits per heavy atom. The second-order valence-electron chi connectivity index (χ2n) is 4.30. The smallest absolute Gasteiger partial charge is 0.165 e. The molecule has 0 saturated carbocycles. The van der Waals surface area contributed by atoms with Crippen LogP contribution in [0, 0.1) is 12.7 Å². The van der Waals surface area contributed by atoms with E-state index in [-0.39, 0.29) is 5.15 Å². The molecule has 3 nitrogen and oxygen atoms in total. The topological polar surface area (TPSA) is 37.8 Å². The molecule has 0 bridgehead atoms. The third-order valence-electron chi connectivity index (χ3n) is 2.95. The minimum Gasteiger partial charge on any atom is -0.312 e. The van der Waals surface area contributed by atoms with Crippen LogP contribution in [0.2, 0.25) is 5.15 Å². The Bertz CT molecular complexity index is 560. The van der Waals surface area contributed by atoms with E-state index in [0.717, 1.165) is 13.0 Å². The van der Waals surface area contributed by atoms with Crippen LogP contribution < -0.4 is 5.32 Å². The van der Waals surface area contributed by atoms with Crippen LogP contribution in [0.3, 0.4) is 0 Å². The van der Waals surface area contributed by atoms with Gasteiger partial charge >= 0.3 is 0 Å². The highest BCUT2D eigenvalue weighted by Crippen LogP contribution is 2.14. The average Bonchev–Trinajstić information content (AvgIpc) is 2.41. The van der Waals surface area contributed by atoms with Gasteiger partial charge in [0.05, 0.1) is 0 Å². The average molecular weight is 280 g/mol. The number of nitrogens with zero attached hydrogens (tertiary/aromatic N) is 2. The number of hydrogen-bond acceptors (Lipinski definition) is 3. The fourth-order valence-electron chi connectivity index (χ4n) is 1.82. The standard InChI is InChI=1S/C14H15ClFN3/c1-10-8-17-5-2-11(10)3-6-18-9-12-4-7-19-14(15)13(12)16/h2,4-5,7-8,18H,3,6,9H2,1H3. The molecule has 0 aromatic carbocycles. The molecular formula is C14H15ClFN3. The second-order valence-corrected chi connectivity index (χ2v) is 4.66. The lowest BCUT2D eigenvalue weighted by molar-refractivity contribution is 0.583. The molecule has 0 fully saturated rings. The monoisotopic (exact) mass is 279 g/mol. The highest BCUT2D eigenvalue weighted by Gasteiger charge is 2.06. The molecule has 0 amide bonds. The highest BCUT2D eigenvalue weighted by atomic mass is 35.5. The van der Waals surface area contributed by atoms with Gasteiger partial charge in [0.15, 0.2) is 11.0 Å². The first-order valence-electron chi connectivity index (χ1n) is 6.07. The maximum absolute atomic E-state index is 13.6. The Hall–Kier alpha value is -1.52. The summed E-state index contributed by atoms with van der Waals surface area (Å²) in [6.45, 7) is 3.24. The van der Waals surface area contributed by atoms with Crippen molar-refractivity contribution in [1.82, 2.24) is 15.3 Å². The zero-order valence-corrected chi connectivity index (χ0v) is 11.4. The van der Waals surface area contributed by atoms with Crippen molar-refractivity contribution in [1.29, 1.82) is 0 Å². The fraction of sp³-hybridized carbons (Fsp3) is 0.286. The molecule has 0 atom stereocenters. The summed E-state index contributed by atoms with van der Waals surface area (Å²) in [4.78, 5) is 7.73. The molecule has 5 heteroatoms. The molecule has 0 aliphatic rings. The van der Waals surface area contributed by atoms with Gasteiger partial charge in [-0.1, -0.05) is 11.6 Å². The van der Waals surface area contributed by atoms with Crippen LogP contribution in [0.15, 0.2) is 30.7 Å². The van der Waals surface area contributed by atoms with Crippen molar-refractivity contribution < 1.29 is 4.39 Å². The minimum absolute atomic E-state index is 0.0794. The Kier molecular flexibility index (Phi) is 4.82. The third-order valence-corrected chi connectivity index (χ3v) is 3.21. The molecule has 0 saturated heterocycles. The molecule has 2 rings (SSSR count). The van der Waals surface area contributed by atoms with Gasteiger partial charge in [0, 0.05) is 30.7 Å². The van der Waals surface area contributed by atoms with E-state index in [1.54, 1.807) is 12.3 Å². The van der Waals surface area contributed by atoms with Gasteiger partial charge in [-0.15, -0.1) is 0 Å². The van der Waals surface area contributed by atoms with Crippen LogP contribution in [0.25, 0.3) is 0 Å². The molecule has 2 heterocycles. The van der Waals surface area contributed by atoms with Crippen molar-refractivity contribution >= 4 is 11.6 Å². The lowest BCUT2D eigenvalue weighted by atomic mass is 10.1. The molecule has 19 heavy (non-hydrogen) atoms. The van der Waals surface area contributed by atoms with Gasteiger partial charge < -0.3 is 5.32 Å².